The Kier molecular flexibility index (Phi) is 8.42. The minimum absolute atomic E-state index is 0.0284. The topological polar surface area (TPSA) is 51.1 Å². The first-order valence-corrected chi connectivity index (χ1v) is 13.8. The van der Waals surface area contributed by atoms with E-state index in [2.05, 4.69) is 45.2 Å². The van der Waals surface area contributed by atoms with Crippen molar-refractivity contribution in [2.45, 2.75) is 53.3 Å². The maximum atomic E-state index is 13.2. The van der Waals surface area contributed by atoms with Crippen LogP contribution in [0.25, 0.3) is 16.8 Å². The van der Waals surface area contributed by atoms with Crippen LogP contribution < -0.4 is 9.47 Å². The fourth-order valence-corrected chi connectivity index (χ4v) is 5.67. The molecule has 3 aromatic rings. The fourth-order valence-electron chi connectivity index (χ4n) is 4.01. The van der Waals surface area contributed by atoms with Crippen molar-refractivity contribution in [3.8, 4) is 11.5 Å². The number of carbonyl (C=O) groups excluding carboxylic acids is 1. The Labute approximate surface area is 225 Å². The molecule has 0 spiro atoms. The number of thioether (sulfide) groups is 1. The number of hydrogen-bond acceptors (Lipinski definition) is 5. The quantitative estimate of drug-likeness (QED) is 0.262. The highest BCUT2D eigenvalue weighted by Crippen LogP contribution is 2.39. The molecular weight excluding hydrogens is 536 g/mol. The van der Waals surface area contributed by atoms with E-state index in [0.29, 0.717) is 29.6 Å². The normalized spacial score (nSPS) is 16.2. The molecule has 36 heavy (non-hydrogen) atoms. The summed E-state index contributed by atoms with van der Waals surface area (Å²) in [6.07, 6.45) is 1.90. The van der Waals surface area contributed by atoms with E-state index in [0.717, 1.165) is 20.8 Å². The van der Waals surface area contributed by atoms with Gasteiger partial charge in [0.25, 0.3) is 5.91 Å². The molecule has 188 valence electrons. The monoisotopic (exact) mass is 566 g/mol. The highest BCUT2D eigenvalue weighted by atomic mass is 79.9. The summed E-state index contributed by atoms with van der Waals surface area (Å²) >= 11 is 5.09. The molecule has 1 amide bonds. The van der Waals surface area contributed by atoms with E-state index in [-0.39, 0.29) is 18.0 Å². The molecule has 0 radical (unpaired) electrons. The number of rotatable bonds is 8. The zero-order chi connectivity index (χ0) is 25.8. The van der Waals surface area contributed by atoms with Gasteiger partial charge in [-0.05, 0) is 86.5 Å². The Morgan fingerprint density at radius 2 is 1.75 bits per heavy atom. The van der Waals surface area contributed by atoms with Gasteiger partial charge in [0, 0.05) is 16.6 Å². The summed E-state index contributed by atoms with van der Waals surface area (Å²) < 4.78 is 13.0. The van der Waals surface area contributed by atoms with Crippen LogP contribution in [0.4, 0.5) is 0 Å². The summed E-state index contributed by atoms with van der Waals surface area (Å²) in [5.41, 5.74) is 1.96. The molecule has 1 aliphatic rings. The smallest absolute Gasteiger partial charge is 0.266 e. The van der Waals surface area contributed by atoms with E-state index in [4.69, 9.17) is 9.47 Å². The summed E-state index contributed by atoms with van der Waals surface area (Å²) in [6.45, 7) is 10.9. The van der Waals surface area contributed by atoms with Gasteiger partial charge in [0.1, 0.15) is 6.61 Å². The van der Waals surface area contributed by atoms with Crippen molar-refractivity contribution in [1.29, 1.82) is 0 Å². The second-order valence-electron chi connectivity index (χ2n) is 9.07. The summed E-state index contributed by atoms with van der Waals surface area (Å²) in [4.78, 5) is 20.2. The number of aliphatic imine (C=N–C) groups is 1. The van der Waals surface area contributed by atoms with E-state index in [1.54, 1.807) is 4.90 Å². The van der Waals surface area contributed by atoms with Crippen LogP contribution in [-0.2, 0) is 11.4 Å². The molecule has 1 heterocycles. The lowest BCUT2D eigenvalue weighted by Gasteiger charge is -2.20. The standard InChI is InChI=1S/C29H31BrN2O3S/c1-6-34-25-14-22(15-27-28(33)32(19(4)5)29(36-27)31-18(2)3)24(30)16-26(25)35-17-21-12-9-11-20-10-7-8-13-23(20)21/h7-16,18-19H,6,17H2,1-5H3/b27-15+,31-29?. The van der Waals surface area contributed by atoms with Gasteiger partial charge in [0.05, 0.1) is 11.5 Å². The average molecular weight is 568 g/mol. The minimum Gasteiger partial charge on any atom is -0.490 e. The van der Waals surface area contributed by atoms with Gasteiger partial charge in [-0.25, -0.2) is 0 Å². The van der Waals surface area contributed by atoms with Crippen molar-refractivity contribution in [3.05, 3.63) is 75.1 Å². The number of amidine groups is 1. The number of hydrogen-bond donors (Lipinski definition) is 0. The van der Waals surface area contributed by atoms with Gasteiger partial charge in [-0.2, -0.15) is 0 Å². The molecule has 3 aromatic carbocycles. The highest BCUT2D eigenvalue weighted by molar-refractivity contribution is 9.10. The number of halogens is 1. The second-order valence-corrected chi connectivity index (χ2v) is 10.9. The zero-order valence-corrected chi connectivity index (χ0v) is 23.7. The van der Waals surface area contributed by atoms with Crippen molar-refractivity contribution in [2.75, 3.05) is 6.61 Å². The van der Waals surface area contributed by atoms with Crippen molar-refractivity contribution in [2.24, 2.45) is 4.99 Å². The van der Waals surface area contributed by atoms with Gasteiger partial charge >= 0.3 is 0 Å². The largest absolute Gasteiger partial charge is 0.490 e. The first-order chi connectivity index (χ1) is 17.3. The Balaban J connectivity index is 1.64. The lowest BCUT2D eigenvalue weighted by atomic mass is 10.1. The van der Waals surface area contributed by atoms with E-state index in [1.165, 1.54) is 22.5 Å². The van der Waals surface area contributed by atoms with E-state index >= 15 is 0 Å². The minimum atomic E-state index is -0.0319. The van der Waals surface area contributed by atoms with Gasteiger partial charge in [-0.3, -0.25) is 14.7 Å². The first kappa shape index (κ1) is 26.3. The Morgan fingerprint density at radius 3 is 2.47 bits per heavy atom. The van der Waals surface area contributed by atoms with Crippen LogP contribution in [0, 0.1) is 0 Å². The number of fused-ring (bicyclic) bond motifs is 1. The lowest BCUT2D eigenvalue weighted by Crippen LogP contribution is -2.35. The van der Waals surface area contributed by atoms with Gasteiger partial charge in [-0.1, -0.05) is 58.4 Å². The number of carbonyl (C=O) groups is 1. The number of benzene rings is 3. The molecule has 1 aliphatic heterocycles. The van der Waals surface area contributed by atoms with Crippen LogP contribution >= 0.6 is 27.7 Å². The zero-order valence-electron chi connectivity index (χ0n) is 21.2. The molecule has 7 heteroatoms. The average Bonchev–Trinajstić information content (AvgIpc) is 3.14. The van der Waals surface area contributed by atoms with Gasteiger partial charge in [-0.15, -0.1) is 0 Å². The van der Waals surface area contributed by atoms with Crippen LogP contribution in [0.2, 0.25) is 0 Å². The summed E-state index contributed by atoms with van der Waals surface area (Å²) in [6, 6.07) is 18.5. The second kappa shape index (κ2) is 11.5. The third kappa shape index (κ3) is 5.79. The molecule has 0 aromatic heterocycles. The molecule has 0 atom stereocenters. The van der Waals surface area contributed by atoms with E-state index in [9.17, 15) is 4.79 Å². The third-order valence-corrected chi connectivity index (χ3v) is 7.32. The molecule has 0 unspecified atom stereocenters. The van der Waals surface area contributed by atoms with Crippen LogP contribution in [-0.4, -0.2) is 34.7 Å². The van der Waals surface area contributed by atoms with Crippen LogP contribution in [0.3, 0.4) is 0 Å². The van der Waals surface area contributed by atoms with Crippen LogP contribution in [0.15, 0.2) is 69.0 Å². The first-order valence-electron chi connectivity index (χ1n) is 12.1. The summed E-state index contributed by atoms with van der Waals surface area (Å²) in [5.74, 6) is 1.26. The third-order valence-electron chi connectivity index (χ3n) is 5.63. The molecule has 1 fully saturated rings. The molecule has 0 bridgehead atoms. The maximum Gasteiger partial charge on any atom is 0.266 e. The molecular formula is C29H31BrN2O3S. The van der Waals surface area contributed by atoms with Crippen LogP contribution in [0.5, 0.6) is 11.5 Å². The van der Waals surface area contributed by atoms with Crippen LogP contribution in [0.1, 0.15) is 45.7 Å². The fraction of sp³-hybridized carbons (Fsp3) is 0.310. The molecule has 0 saturated carbocycles. The molecule has 0 aliphatic carbocycles. The molecule has 0 N–H and O–H groups in total. The summed E-state index contributed by atoms with van der Waals surface area (Å²) in [7, 11) is 0. The van der Waals surface area contributed by atoms with E-state index in [1.807, 2.05) is 71.0 Å². The van der Waals surface area contributed by atoms with Gasteiger partial charge in [0.15, 0.2) is 16.7 Å². The molecule has 4 rings (SSSR count). The van der Waals surface area contributed by atoms with Gasteiger partial charge in [0.2, 0.25) is 0 Å². The Bertz CT molecular complexity index is 1330. The summed E-state index contributed by atoms with van der Waals surface area (Å²) in [5, 5.41) is 3.09. The van der Waals surface area contributed by atoms with Crippen molar-refractivity contribution < 1.29 is 14.3 Å². The van der Waals surface area contributed by atoms with Gasteiger partial charge < -0.3 is 9.47 Å². The Hall–Kier alpha value is -2.77. The predicted octanol–water partition coefficient (Wildman–Crippen LogP) is 7.67. The Morgan fingerprint density at radius 1 is 1.03 bits per heavy atom. The molecule has 1 saturated heterocycles. The number of amides is 1. The predicted molar refractivity (Wildman–Crippen MR) is 154 cm³/mol. The molecule has 5 nitrogen and oxygen atoms in total. The van der Waals surface area contributed by atoms with Crippen molar-refractivity contribution in [3.63, 3.8) is 0 Å². The highest BCUT2D eigenvalue weighted by Gasteiger charge is 2.35. The SMILES string of the molecule is CCOc1cc(/C=C2/SC(=NC(C)C)N(C(C)C)C2=O)c(Br)cc1OCc1cccc2ccccc12. The number of nitrogens with zero attached hydrogens (tertiary/aromatic N) is 2. The maximum absolute atomic E-state index is 13.2. The lowest BCUT2D eigenvalue weighted by molar-refractivity contribution is -0.123. The number of ether oxygens (including phenoxy) is 2. The van der Waals surface area contributed by atoms with Crippen molar-refractivity contribution >= 4 is 55.6 Å². The van der Waals surface area contributed by atoms with Crippen molar-refractivity contribution in [1.82, 2.24) is 4.90 Å². The van der Waals surface area contributed by atoms with E-state index < -0.39 is 0 Å².